The van der Waals surface area contributed by atoms with E-state index in [0.29, 0.717) is 24.2 Å². The normalized spacial score (nSPS) is 43.4. The molecule has 38 heavy (non-hydrogen) atoms. The molecule has 1 saturated carbocycles. The first-order valence-corrected chi connectivity index (χ1v) is 15.3. The quantitative estimate of drug-likeness (QED) is 0.176. The van der Waals surface area contributed by atoms with Crippen molar-refractivity contribution in [2.45, 2.75) is 99.3 Å². The minimum atomic E-state index is -0.662. The summed E-state index contributed by atoms with van der Waals surface area (Å²) in [5, 5.41) is 10.6. The van der Waals surface area contributed by atoms with Crippen LogP contribution in [0.1, 0.15) is 99.3 Å². The average Bonchev–Trinajstić information content (AvgIpc) is 2.87. The Balaban J connectivity index is 1.86. The molecule has 0 aliphatic heterocycles. The molecule has 1 fully saturated rings. The summed E-state index contributed by atoms with van der Waals surface area (Å²) in [6.07, 6.45) is 22.9. The predicted octanol–water partition coefficient (Wildman–Crippen LogP) is 8.89. The maximum Gasteiger partial charge on any atom is 0.176 e. The zero-order valence-corrected chi connectivity index (χ0v) is 24.6. The maximum atomic E-state index is 14.8. The molecule has 1 N–H and O–H groups in total. The molecule has 0 aromatic heterocycles. The molecule has 0 aromatic rings. The zero-order chi connectivity index (χ0) is 27.7. The Morgan fingerprint density at radius 3 is 2.50 bits per heavy atom. The van der Waals surface area contributed by atoms with Crippen molar-refractivity contribution in [3.8, 4) is 0 Å². The van der Waals surface area contributed by atoms with Gasteiger partial charge in [-0.15, -0.1) is 0 Å². The molecule has 208 valence electrons. The third kappa shape index (κ3) is 5.07. The van der Waals surface area contributed by atoms with Crippen molar-refractivity contribution >= 4 is 11.6 Å². The number of Topliss-reactive ketones (excluding diaryl/α,β-unsaturated/α-hetero) is 2. The second kappa shape index (κ2) is 11.5. The summed E-state index contributed by atoms with van der Waals surface area (Å²) in [6, 6.07) is 0. The molecule has 0 amide bonds. The number of carbonyl (C=O) groups excluding carboxylic acids is 2. The van der Waals surface area contributed by atoms with E-state index in [-0.39, 0.29) is 34.9 Å². The van der Waals surface area contributed by atoms with Crippen molar-refractivity contribution in [1.82, 2.24) is 0 Å². The second-order valence-corrected chi connectivity index (χ2v) is 13.2. The van der Waals surface area contributed by atoms with Crippen LogP contribution in [0.25, 0.3) is 0 Å². The fourth-order valence-electron chi connectivity index (χ4n) is 8.74. The van der Waals surface area contributed by atoms with Crippen LogP contribution in [0.3, 0.4) is 0 Å². The predicted molar refractivity (Wildman–Crippen MR) is 157 cm³/mol. The van der Waals surface area contributed by atoms with Gasteiger partial charge in [-0.05, 0) is 88.4 Å². The van der Waals surface area contributed by atoms with Gasteiger partial charge < -0.3 is 5.11 Å². The van der Waals surface area contributed by atoms with Gasteiger partial charge >= 0.3 is 0 Å². The summed E-state index contributed by atoms with van der Waals surface area (Å²) >= 11 is 0. The summed E-state index contributed by atoms with van der Waals surface area (Å²) in [5.41, 5.74) is 1.47. The number of ketones is 2. The number of allylic oxidation sites excluding steroid dienone is 9. The monoisotopic (exact) mass is 518 g/mol. The zero-order valence-electron chi connectivity index (χ0n) is 24.6. The Kier molecular flexibility index (Phi) is 8.75. The van der Waals surface area contributed by atoms with Crippen LogP contribution < -0.4 is 0 Å². The Labute approximate surface area is 231 Å². The molecule has 5 unspecified atom stereocenters. The Hall–Kier alpha value is -2.16. The van der Waals surface area contributed by atoms with E-state index < -0.39 is 10.8 Å². The van der Waals surface area contributed by atoms with Gasteiger partial charge in [0.25, 0.3) is 0 Å². The molecule has 3 nitrogen and oxygen atoms in total. The number of rotatable bonds is 3. The van der Waals surface area contributed by atoms with Crippen LogP contribution >= 0.6 is 0 Å². The van der Waals surface area contributed by atoms with Crippen LogP contribution in [0.2, 0.25) is 0 Å². The Morgan fingerprint density at radius 1 is 1.05 bits per heavy atom. The number of carbonyl (C=O) groups is 2. The van der Waals surface area contributed by atoms with Crippen LogP contribution in [0.5, 0.6) is 0 Å². The van der Waals surface area contributed by atoms with Crippen molar-refractivity contribution in [2.75, 3.05) is 0 Å². The Bertz CT molecular complexity index is 1070. The molecule has 3 heteroatoms. The van der Waals surface area contributed by atoms with Crippen LogP contribution in [-0.2, 0) is 9.59 Å². The van der Waals surface area contributed by atoms with E-state index in [0.717, 1.165) is 57.6 Å². The van der Waals surface area contributed by atoms with Gasteiger partial charge in [-0.25, -0.2) is 0 Å². The highest BCUT2D eigenvalue weighted by Crippen LogP contribution is 2.57. The number of fused-ring (bicyclic) bond motifs is 4. The van der Waals surface area contributed by atoms with Crippen molar-refractivity contribution in [2.24, 2.45) is 46.3 Å². The molecule has 0 saturated heterocycles. The van der Waals surface area contributed by atoms with Gasteiger partial charge in [0, 0.05) is 16.7 Å². The molecular weight excluding hydrogens is 468 g/mol. The van der Waals surface area contributed by atoms with E-state index in [1.165, 1.54) is 11.1 Å². The first-order valence-electron chi connectivity index (χ1n) is 15.3. The van der Waals surface area contributed by atoms with Gasteiger partial charge in [0.1, 0.15) is 0 Å². The first kappa shape index (κ1) is 28.8. The van der Waals surface area contributed by atoms with E-state index in [1.807, 2.05) is 0 Å². The van der Waals surface area contributed by atoms with Gasteiger partial charge in [-0.2, -0.15) is 0 Å². The lowest BCUT2D eigenvalue weighted by molar-refractivity contribution is -0.138. The summed E-state index contributed by atoms with van der Waals surface area (Å²) < 4.78 is 0. The van der Waals surface area contributed by atoms with Gasteiger partial charge in [0.05, 0.1) is 11.8 Å². The van der Waals surface area contributed by atoms with E-state index in [2.05, 4.69) is 78.0 Å². The highest BCUT2D eigenvalue weighted by Gasteiger charge is 2.56. The lowest BCUT2D eigenvalue weighted by atomic mass is 9.50. The molecule has 0 radical (unpaired) electrons. The first-order chi connectivity index (χ1) is 18.1. The molecule has 4 aliphatic rings. The Morgan fingerprint density at radius 2 is 1.82 bits per heavy atom. The summed E-state index contributed by atoms with van der Waals surface area (Å²) in [4.78, 5) is 29.3. The summed E-state index contributed by atoms with van der Waals surface area (Å²) in [7, 11) is 0. The lowest BCUT2D eigenvalue weighted by Crippen LogP contribution is -2.52. The van der Waals surface area contributed by atoms with E-state index in [4.69, 9.17) is 0 Å². The molecule has 0 aromatic carbocycles. The molecular formula is C35H50O3. The van der Waals surface area contributed by atoms with Crippen molar-refractivity contribution < 1.29 is 14.7 Å². The molecule has 4 rings (SSSR count). The second-order valence-electron chi connectivity index (χ2n) is 13.2. The van der Waals surface area contributed by atoms with E-state index in [1.54, 1.807) is 0 Å². The summed E-state index contributed by atoms with van der Waals surface area (Å²) in [5.74, 6) is 0.939. The van der Waals surface area contributed by atoms with Crippen molar-refractivity contribution in [3.05, 3.63) is 59.4 Å². The van der Waals surface area contributed by atoms with E-state index >= 15 is 0 Å². The molecule has 0 spiro atoms. The van der Waals surface area contributed by atoms with Crippen molar-refractivity contribution in [1.29, 1.82) is 0 Å². The number of aliphatic hydroxyl groups excluding tert-OH is 1. The SMILES string of the molecule is CCCC1CC2C(=O)/C(=C/O)C(=O)[C@]3(CC)C(C=CC4C[C@@H](C)CCC43)C/C=C/C/C(C)=C/[C@@]2(C)C=C1C. The van der Waals surface area contributed by atoms with Crippen LogP contribution in [-0.4, -0.2) is 16.7 Å². The molecule has 0 heterocycles. The number of hydrogen-bond donors (Lipinski definition) is 1. The molecule has 0 bridgehead atoms. The van der Waals surface area contributed by atoms with Gasteiger partial charge in [0.15, 0.2) is 11.6 Å². The van der Waals surface area contributed by atoms with Gasteiger partial charge in [-0.1, -0.05) is 88.1 Å². The van der Waals surface area contributed by atoms with Crippen LogP contribution in [0.15, 0.2) is 59.4 Å². The van der Waals surface area contributed by atoms with Crippen LogP contribution in [0.4, 0.5) is 0 Å². The molecule has 4 aliphatic carbocycles. The third-order valence-electron chi connectivity index (χ3n) is 10.7. The molecule has 8 atom stereocenters. The third-order valence-corrected chi connectivity index (χ3v) is 10.7. The number of aliphatic hydroxyl groups is 1. The fourth-order valence-corrected chi connectivity index (χ4v) is 8.74. The topological polar surface area (TPSA) is 54.4 Å². The minimum absolute atomic E-state index is 0.0337. The van der Waals surface area contributed by atoms with E-state index in [9.17, 15) is 14.7 Å². The minimum Gasteiger partial charge on any atom is -0.515 e. The average molecular weight is 519 g/mol. The van der Waals surface area contributed by atoms with Crippen LogP contribution in [0, 0.1) is 46.3 Å². The largest absolute Gasteiger partial charge is 0.515 e. The van der Waals surface area contributed by atoms with Gasteiger partial charge in [0.2, 0.25) is 0 Å². The maximum absolute atomic E-state index is 14.8. The number of hydrogen-bond acceptors (Lipinski definition) is 3. The smallest absolute Gasteiger partial charge is 0.176 e. The highest BCUT2D eigenvalue weighted by molar-refractivity contribution is 6.23. The highest BCUT2D eigenvalue weighted by atomic mass is 16.2. The lowest BCUT2D eigenvalue weighted by Gasteiger charge is -2.52. The van der Waals surface area contributed by atoms with Gasteiger partial charge in [-0.3, -0.25) is 9.59 Å². The fraction of sp³-hybridized carbons (Fsp3) is 0.657. The summed E-state index contributed by atoms with van der Waals surface area (Å²) in [6.45, 7) is 13.1. The van der Waals surface area contributed by atoms with Crippen molar-refractivity contribution in [3.63, 3.8) is 0 Å². The standard InChI is InChI=1S/C35H50O3/c1-7-11-26-19-31-32(37)29(22-36)33(38)35(8-2)28(16-15-27-18-23(3)14-17-30(27)35)13-10-9-12-24(4)20-34(31,6)21-25(26)5/h9-10,15-16,20-23,26-28,30-31,36H,7-8,11-14,17-19H2,1-6H3/b10-9+,24-20+,29-22-/t23-,26?,27?,28?,30?,31?,34-,35+/m0/s1.